The Hall–Kier alpha value is -4.98. The lowest BCUT2D eigenvalue weighted by Crippen LogP contribution is -2.58. The number of carbonyl (C=O) groups excluding carboxylic acids is 3. The number of nitrogens with one attached hydrogen (secondary N) is 3. The fraction of sp³-hybridized carbons (Fsp3) is 0.379. The number of hydrogen-bond donors (Lipinski definition) is 8. The van der Waals surface area contributed by atoms with Crippen molar-refractivity contribution in [2.24, 2.45) is 22.2 Å². The zero-order valence-corrected chi connectivity index (χ0v) is 23.6. The number of aliphatic carboxylic acids is 2. The summed E-state index contributed by atoms with van der Waals surface area (Å²) in [5.74, 6) is -4.83. The minimum absolute atomic E-state index is 0.00000807. The molecule has 232 valence electrons. The molecule has 0 saturated carbocycles. The van der Waals surface area contributed by atoms with E-state index in [1.165, 1.54) is 0 Å². The SMILES string of the molecule is NC(N)=NCCCC(N)C(=O)NC(Cc1ccccc1)C(=O)NC(Cc1ccccc1)C(=O)NC(CCC(=O)O)C(=O)O. The molecule has 0 saturated heterocycles. The van der Waals surface area contributed by atoms with Gasteiger partial charge in [-0.15, -0.1) is 0 Å². The number of nitrogens with zero attached hydrogens (tertiary/aromatic N) is 1. The number of amides is 3. The fourth-order valence-electron chi connectivity index (χ4n) is 4.12. The average Bonchev–Trinajstić information content (AvgIpc) is 2.97. The maximum absolute atomic E-state index is 13.6. The van der Waals surface area contributed by atoms with Crippen molar-refractivity contribution in [3.8, 4) is 0 Å². The first-order chi connectivity index (χ1) is 20.5. The van der Waals surface area contributed by atoms with E-state index in [0.717, 1.165) is 5.56 Å². The van der Waals surface area contributed by atoms with Gasteiger partial charge in [0.25, 0.3) is 0 Å². The smallest absolute Gasteiger partial charge is 0.326 e. The number of rotatable bonds is 18. The molecule has 0 aliphatic heterocycles. The van der Waals surface area contributed by atoms with Crippen LogP contribution in [0.4, 0.5) is 0 Å². The van der Waals surface area contributed by atoms with Gasteiger partial charge >= 0.3 is 11.9 Å². The second-order valence-corrected chi connectivity index (χ2v) is 9.89. The van der Waals surface area contributed by atoms with Crippen molar-refractivity contribution < 1.29 is 34.2 Å². The molecule has 0 aliphatic rings. The Bertz CT molecular complexity index is 1250. The maximum Gasteiger partial charge on any atom is 0.326 e. The molecule has 4 atom stereocenters. The first kappa shape index (κ1) is 34.2. The minimum Gasteiger partial charge on any atom is -0.481 e. The molecule has 0 aliphatic carbocycles. The number of nitrogens with two attached hydrogens (primary N) is 3. The van der Waals surface area contributed by atoms with E-state index in [2.05, 4.69) is 20.9 Å². The standard InChI is InChI=1S/C29H39N7O7/c30-20(12-7-15-33-29(31)32)25(39)35-22(16-18-8-3-1-4-9-18)27(41)36-23(17-19-10-5-2-6-11-19)26(40)34-21(28(42)43)13-14-24(37)38/h1-6,8-11,20-23H,7,12-17,30H2,(H,34,40)(H,35,39)(H,36,41)(H,37,38)(H,42,43)(H4,31,32,33). The summed E-state index contributed by atoms with van der Waals surface area (Å²) in [6.45, 7) is 0.275. The minimum atomic E-state index is -1.49. The van der Waals surface area contributed by atoms with Crippen LogP contribution in [0.15, 0.2) is 65.7 Å². The van der Waals surface area contributed by atoms with Gasteiger partial charge in [0.15, 0.2) is 5.96 Å². The van der Waals surface area contributed by atoms with Crippen LogP contribution in [0.25, 0.3) is 0 Å². The van der Waals surface area contributed by atoms with Gasteiger partial charge in [0, 0.05) is 25.8 Å². The second kappa shape index (κ2) is 17.7. The fourth-order valence-corrected chi connectivity index (χ4v) is 4.12. The Balaban J connectivity index is 2.25. The lowest BCUT2D eigenvalue weighted by Gasteiger charge is -2.25. The average molecular weight is 598 g/mol. The van der Waals surface area contributed by atoms with Crippen molar-refractivity contribution in [2.75, 3.05) is 6.54 Å². The summed E-state index contributed by atoms with van der Waals surface area (Å²) in [4.78, 5) is 66.3. The molecule has 0 radical (unpaired) electrons. The molecule has 4 unspecified atom stereocenters. The number of carboxylic acid groups (broad SMARTS) is 2. The van der Waals surface area contributed by atoms with E-state index in [4.69, 9.17) is 22.3 Å². The molecule has 0 bridgehead atoms. The molecule has 0 aromatic heterocycles. The number of carboxylic acids is 2. The molecule has 2 rings (SSSR count). The van der Waals surface area contributed by atoms with Crippen molar-refractivity contribution in [1.82, 2.24) is 16.0 Å². The third kappa shape index (κ3) is 13.0. The highest BCUT2D eigenvalue weighted by Gasteiger charge is 2.31. The lowest BCUT2D eigenvalue weighted by molar-refractivity contribution is -0.143. The molecular formula is C29H39N7O7. The Morgan fingerprint density at radius 1 is 0.698 bits per heavy atom. The predicted octanol–water partition coefficient (Wildman–Crippen LogP) is -0.743. The quantitative estimate of drug-likeness (QED) is 0.0606. The van der Waals surface area contributed by atoms with E-state index in [9.17, 15) is 29.1 Å². The first-order valence-electron chi connectivity index (χ1n) is 13.7. The second-order valence-electron chi connectivity index (χ2n) is 9.89. The summed E-state index contributed by atoms with van der Waals surface area (Å²) in [5.41, 5.74) is 18.1. The van der Waals surface area contributed by atoms with E-state index >= 15 is 0 Å². The van der Waals surface area contributed by atoms with Crippen LogP contribution in [0.3, 0.4) is 0 Å². The molecule has 11 N–H and O–H groups in total. The Morgan fingerprint density at radius 3 is 1.60 bits per heavy atom. The molecule has 2 aromatic carbocycles. The summed E-state index contributed by atoms with van der Waals surface area (Å²) in [6.07, 6.45) is -0.0854. The highest BCUT2D eigenvalue weighted by Crippen LogP contribution is 2.09. The topological polar surface area (TPSA) is 252 Å². The summed E-state index contributed by atoms with van der Waals surface area (Å²) in [7, 11) is 0. The molecule has 2 aromatic rings. The van der Waals surface area contributed by atoms with Crippen molar-refractivity contribution in [2.45, 2.75) is 62.7 Å². The summed E-state index contributed by atoms with van der Waals surface area (Å²) in [6, 6.07) is 12.8. The largest absolute Gasteiger partial charge is 0.481 e. The van der Waals surface area contributed by atoms with Gasteiger partial charge in [-0.1, -0.05) is 60.7 Å². The summed E-state index contributed by atoms with van der Waals surface area (Å²) in [5, 5.41) is 26.1. The third-order valence-corrected chi connectivity index (χ3v) is 6.40. The highest BCUT2D eigenvalue weighted by atomic mass is 16.4. The van der Waals surface area contributed by atoms with Crippen LogP contribution in [0, 0.1) is 0 Å². The number of carbonyl (C=O) groups is 5. The van der Waals surface area contributed by atoms with Gasteiger partial charge in [0.1, 0.15) is 18.1 Å². The van der Waals surface area contributed by atoms with E-state index in [0.29, 0.717) is 12.0 Å². The first-order valence-corrected chi connectivity index (χ1v) is 13.7. The lowest BCUT2D eigenvalue weighted by atomic mass is 10.0. The highest BCUT2D eigenvalue weighted by molar-refractivity contribution is 5.94. The van der Waals surface area contributed by atoms with E-state index in [1.807, 2.05) is 0 Å². The Morgan fingerprint density at radius 2 is 1.16 bits per heavy atom. The van der Waals surface area contributed by atoms with Crippen molar-refractivity contribution in [3.63, 3.8) is 0 Å². The van der Waals surface area contributed by atoms with Gasteiger partial charge in [0.05, 0.1) is 6.04 Å². The Kier molecular flexibility index (Phi) is 14.1. The van der Waals surface area contributed by atoms with Crippen LogP contribution in [0.1, 0.15) is 36.8 Å². The molecule has 14 heteroatoms. The van der Waals surface area contributed by atoms with Gasteiger partial charge in [-0.3, -0.25) is 24.2 Å². The summed E-state index contributed by atoms with van der Waals surface area (Å²) < 4.78 is 0. The van der Waals surface area contributed by atoms with E-state index < -0.39 is 60.2 Å². The van der Waals surface area contributed by atoms with Crippen LogP contribution in [0.5, 0.6) is 0 Å². The van der Waals surface area contributed by atoms with Gasteiger partial charge in [-0.2, -0.15) is 0 Å². The summed E-state index contributed by atoms with van der Waals surface area (Å²) >= 11 is 0. The zero-order chi connectivity index (χ0) is 31.8. The van der Waals surface area contributed by atoms with Crippen LogP contribution < -0.4 is 33.2 Å². The molecule has 3 amide bonds. The van der Waals surface area contributed by atoms with Gasteiger partial charge in [-0.05, 0) is 30.4 Å². The Labute approximate surface area is 249 Å². The van der Waals surface area contributed by atoms with Crippen molar-refractivity contribution >= 4 is 35.6 Å². The normalized spacial score (nSPS) is 13.4. The number of guanidine groups is 1. The molecule has 0 fully saturated rings. The number of hydrogen-bond acceptors (Lipinski definition) is 7. The van der Waals surface area contributed by atoms with Crippen LogP contribution in [0.2, 0.25) is 0 Å². The number of benzene rings is 2. The zero-order valence-electron chi connectivity index (χ0n) is 23.6. The van der Waals surface area contributed by atoms with Crippen LogP contribution in [-0.4, -0.2) is 76.5 Å². The molecule has 0 spiro atoms. The monoisotopic (exact) mass is 597 g/mol. The van der Waals surface area contributed by atoms with Crippen LogP contribution in [-0.2, 0) is 36.8 Å². The third-order valence-electron chi connectivity index (χ3n) is 6.40. The number of aliphatic imine (C=N–C) groups is 1. The maximum atomic E-state index is 13.6. The van der Waals surface area contributed by atoms with Gasteiger partial charge < -0.3 is 43.4 Å². The molecule has 0 heterocycles. The van der Waals surface area contributed by atoms with Crippen LogP contribution >= 0.6 is 0 Å². The van der Waals surface area contributed by atoms with Gasteiger partial charge in [-0.25, -0.2) is 4.79 Å². The predicted molar refractivity (Wildman–Crippen MR) is 158 cm³/mol. The molecule has 14 nitrogen and oxygen atoms in total. The van der Waals surface area contributed by atoms with E-state index in [1.54, 1.807) is 60.7 Å². The molecule has 43 heavy (non-hydrogen) atoms. The van der Waals surface area contributed by atoms with E-state index in [-0.39, 0.29) is 38.2 Å². The van der Waals surface area contributed by atoms with Crippen molar-refractivity contribution in [3.05, 3.63) is 71.8 Å². The van der Waals surface area contributed by atoms with Crippen molar-refractivity contribution in [1.29, 1.82) is 0 Å². The molecular weight excluding hydrogens is 558 g/mol. The van der Waals surface area contributed by atoms with Gasteiger partial charge in [0.2, 0.25) is 17.7 Å².